The van der Waals surface area contributed by atoms with Gasteiger partial charge in [0.1, 0.15) is 0 Å². The molecule has 3 rings (SSSR count). The van der Waals surface area contributed by atoms with Crippen molar-refractivity contribution in [2.75, 3.05) is 13.1 Å². The maximum absolute atomic E-state index is 12.3. The van der Waals surface area contributed by atoms with Crippen molar-refractivity contribution in [3.8, 4) is 0 Å². The molecule has 0 N–H and O–H groups in total. The smallest absolute Gasteiger partial charge is 0.253 e. The summed E-state index contributed by atoms with van der Waals surface area (Å²) in [5, 5.41) is 0. The SMILES string of the molecule is O=C(c1ccn2cncc2c1)N1CCCCC1. The van der Waals surface area contributed by atoms with Crippen LogP contribution in [0.15, 0.2) is 30.9 Å². The minimum Gasteiger partial charge on any atom is -0.339 e. The number of hydrogen-bond acceptors (Lipinski definition) is 2. The van der Waals surface area contributed by atoms with Gasteiger partial charge >= 0.3 is 0 Å². The van der Waals surface area contributed by atoms with Gasteiger partial charge in [-0.3, -0.25) is 4.79 Å². The standard InChI is InChI=1S/C13H15N3O/c17-13(15-5-2-1-3-6-15)11-4-7-16-10-14-9-12(16)8-11/h4,7-10H,1-3,5-6H2. The largest absolute Gasteiger partial charge is 0.339 e. The molecule has 2 aromatic heterocycles. The van der Waals surface area contributed by atoms with Crippen LogP contribution < -0.4 is 0 Å². The van der Waals surface area contributed by atoms with Crippen LogP contribution in [0.5, 0.6) is 0 Å². The summed E-state index contributed by atoms with van der Waals surface area (Å²) in [6.45, 7) is 1.78. The molecule has 0 atom stereocenters. The van der Waals surface area contributed by atoms with E-state index < -0.39 is 0 Å². The van der Waals surface area contributed by atoms with E-state index in [4.69, 9.17) is 0 Å². The molecule has 0 radical (unpaired) electrons. The van der Waals surface area contributed by atoms with Crippen molar-refractivity contribution < 1.29 is 4.79 Å². The highest BCUT2D eigenvalue weighted by Gasteiger charge is 2.18. The van der Waals surface area contributed by atoms with Gasteiger partial charge in [0, 0.05) is 24.8 Å². The number of carbonyl (C=O) groups is 1. The van der Waals surface area contributed by atoms with Crippen LogP contribution in [0.25, 0.3) is 5.52 Å². The van der Waals surface area contributed by atoms with Gasteiger partial charge in [0.15, 0.2) is 0 Å². The van der Waals surface area contributed by atoms with Crippen molar-refractivity contribution in [1.82, 2.24) is 14.3 Å². The van der Waals surface area contributed by atoms with Crippen LogP contribution in [0.1, 0.15) is 29.6 Å². The fourth-order valence-corrected chi connectivity index (χ4v) is 2.33. The van der Waals surface area contributed by atoms with Crippen LogP contribution in [0.3, 0.4) is 0 Å². The summed E-state index contributed by atoms with van der Waals surface area (Å²) >= 11 is 0. The van der Waals surface area contributed by atoms with Gasteiger partial charge in [0.05, 0.1) is 18.0 Å². The Morgan fingerprint density at radius 2 is 2.06 bits per heavy atom. The lowest BCUT2D eigenvalue weighted by molar-refractivity contribution is 0.0724. The Kier molecular flexibility index (Phi) is 2.55. The van der Waals surface area contributed by atoms with Crippen LogP contribution in [0, 0.1) is 0 Å². The molecular weight excluding hydrogens is 214 g/mol. The van der Waals surface area contributed by atoms with Gasteiger partial charge in [-0.1, -0.05) is 0 Å². The van der Waals surface area contributed by atoms with Crippen molar-refractivity contribution in [2.24, 2.45) is 0 Å². The molecule has 0 aliphatic carbocycles. The normalized spacial score (nSPS) is 16.4. The molecular formula is C13H15N3O. The molecule has 0 unspecified atom stereocenters. The van der Waals surface area contributed by atoms with Gasteiger partial charge in [0.2, 0.25) is 0 Å². The number of piperidine rings is 1. The lowest BCUT2D eigenvalue weighted by Crippen LogP contribution is -2.35. The quantitative estimate of drug-likeness (QED) is 0.749. The number of imidazole rings is 1. The molecule has 4 nitrogen and oxygen atoms in total. The second kappa shape index (κ2) is 4.20. The second-order valence-corrected chi connectivity index (χ2v) is 4.49. The van der Waals surface area contributed by atoms with Gasteiger partial charge < -0.3 is 9.30 Å². The zero-order valence-corrected chi connectivity index (χ0v) is 9.67. The zero-order chi connectivity index (χ0) is 11.7. The average molecular weight is 229 g/mol. The minimum absolute atomic E-state index is 0.147. The Bertz CT molecular complexity index is 540. The molecule has 1 aliphatic rings. The Morgan fingerprint density at radius 1 is 1.24 bits per heavy atom. The van der Waals surface area contributed by atoms with E-state index in [-0.39, 0.29) is 5.91 Å². The molecule has 0 spiro atoms. The van der Waals surface area contributed by atoms with E-state index in [9.17, 15) is 4.79 Å². The molecule has 0 saturated carbocycles. The summed E-state index contributed by atoms with van der Waals surface area (Å²) in [4.78, 5) is 18.3. The van der Waals surface area contributed by atoms with Crippen molar-refractivity contribution in [1.29, 1.82) is 0 Å². The van der Waals surface area contributed by atoms with Crippen molar-refractivity contribution in [3.05, 3.63) is 36.4 Å². The second-order valence-electron chi connectivity index (χ2n) is 4.49. The highest BCUT2D eigenvalue weighted by molar-refractivity contribution is 5.95. The van der Waals surface area contributed by atoms with Crippen LogP contribution in [-0.4, -0.2) is 33.3 Å². The van der Waals surface area contributed by atoms with Crippen LogP contribution in [-0.2, 0) is 0 Å². The Hall–Kier alpha value is -1.84. The van der Waals surface area contributed by atoms with Gasteiger partial charge in [-0.25, -0.2) is 4.98 Å². The first-order chi connectivity index (χ1) is 8.34. The molecule has 1 saturated heterocycles. The minimum atomic E-state index is 0.147. The number of nitrogens with zero attached hydrogens (tertiary/aromatic N) is 3. The molecule has 3 heterocycles. The molecule has 17 heavy (non-hydrogen) atoms. The third-order valence-electron chi connectivity index (χ3n) is 3.30. The number of pyridine rings is 1. The summed E-state index contributed by atoms with van der Waals surface area (Å²) in [7, 11) is 0. The Morgan fingerprint density at radius 3 is 2.88 bits per heavy atom. The molecule has 1 aliphatic heterocycles. The number of hydrogen-bond donors (Lipinski definition) is 0. The van der Waals surface area contributed by atoms with Crippen LogP contribution >= 0.6 is 0 Å². The lowest BCUT2D eigenvalue weighted by Gasteiger charge is -2.26. The number of carbonyl (C=O) groups excluding carboxylic acids is 1. The van der Waals surface area contributed by atoms with E-state index in [1.54, 1.807) is 12.5 Å². The van der Waals surface area contributed by atoms with E-state index in [0.29, 0.717) is 0 Å². The Labute approximate surface area is 99.9 Å². The fourth-order valence-electron chi connectivity index (χ4n) is 2.33. The average Bonchev–Trinajstić information content (AvgIpc) is 2.86. The third kappa shape index (κ3) is 1.90. The first-order valence-electron chi connectivity index (χ1n) is 6.05. The zero-order valence-electron chi connectivity index (χ0n) is 9.67. The van der Waals surface area contributed by atoms with E-state index >= 15 is 0 Å². The number of fused-ring (bicyclic) bond motifs is 1. The van der Waals surface area contributed by atoms with Crippen LogP contribution in [0.4, 0.5) is 0 Å². The summed E-state index contributed by atoms with van der Waals surface area (Å²) in [6.07, 6.45) is 8.89. The predicted octanol–water partition coefficient (Wildman–Crippen LogP) is 1.96. The third-order valence-corrected chi connectivity index (χ3v) is 3.30. The van der Waals surface area contributed by atoms with Crippen molar-refractivity contribution >= 4 is 11.4 Å². The van der Waals surface area contributed by atoms with Crippen molar-refractivity contribution in [2.45, 2.75) is 19.3 Å². The highest BCUT2D eigenvalue weighted by atomic mass is 16.2. The van der Waals surface area contributed by atoms with E-state index in [1.807, 2.05) is 27.6 Å². The first-order valence-corrected chi connectivity index (χ1v) is 6.05. The lowest BCUT2D eigenvalue weighted by atomic mass is 10.1. The Balaban J connectivity index is 1.88. The number of rotatable bonds is 1. The molecule has 2 aromatic rings. The summed E-state index contributed by atoms with van der Waals surface area (Å²) < 4.78 is 1.91. The van der Waals surface area contributed by atoms with Gasteiger partial charge in [-0.2, -0.15) is 0 Å². The van der Waals surface area contributed by atoms with E-state index in [2.05, 4.69) is 4.98 Å². The summed E-state index contributed by atoms with van der Waals surface area (Å²) in [5.74, 6) is 0.147. The molecule has 4 heteroatoms. The number of amides is 1. The molecule has 1 fully saturated rings. The topological polar surface area (TPSA) is 37.6 Å². The molecule has 0 bridgehead atoms. The predicted molar refractivity (Wildman–Crippen MR) is 64.9 cm³/mol. The van der Waals surface area contributed by atoms with Gasteiger partial charge in [-0.15, -0.1) is 0 Å². The monoisotopic (exact) mass is 229 g/mol. The highest BCUT2D eigenvalue weighted by Crippen LogP contribution is 2.14. The number of likely N-dealkylation sites (tertiary alicyclic amines) is 1. The van der Waals surface area contributed by atoms with Crippen molar-refractivity contribution in [3.63, 3.8) is 0 Å². The first kappa shape index (κ1) is 10.3. The van der Waals surface area contributed by atoms with E-state index in [0.717, 1.165) is 37.0 Å². The van der Waals surface area contributed by atoms with Gasteiger partial charge in [-0.05, 0) is 31.4 Å². The maximum Gasteiger partial charge on any atom is 0.253 e. The van der Waals surface area contributed by atoms with Gasteiger partial charge in [0.25, 0.3) is 5.91 Å². The number of aromatic nitrogens is 2. The fraction of sp³-hybridized carbons (Fsp3) is 0.385. The molecule has 0 aromatic carbocycles. The summed E-state index contributed by atoms with van der Waals surface area (Å²) in [5.41, 5.74) is 1.73. The van der Waals surface area contributed by atoms with Crippen LogP contribution in [0.2, 0.25) is 0 Å². The summed E-state index contributed by atoms with van der Waals surface area (Å²) in [6, 6.07) is 3.77. The molecule has 88 valence electrons. The maximum atomic E-state index is 12.3. The molecule has 1 amide bonds. The van der Waals surface area contributed by atoms with E-state index in [1.165, 1.54) is 6.42 Å².